The number of fused-ring (bicyclic) bond motifs is 1. The van der Waals surface area contributed by atoms with E-state index >= 15 is 0 Å². The Morgan fingerprint density at radius 3 is 2.89 bits per heavy atom. The van der Waals surface area contributed by atoms with E-state index in [0.717, 1.165) is 5.39 Å². The van der Waals surface area contributed by atoms with Gasteiger partial charge in [-0.3, -0.25) is 5.10 Å². The maximum atomic E-state index is 9.32. The fourth-order valence-corrected chi connectivity index (χ4v) is 2.43. The van der Waals surface area contributed by atoms with Gasteiger partial charge in [-0.1, -0.05) is 0 Å². The van der Waals surface area contributed by atoms with Crippen molar-refractivity contribution in [2.24, 2.45) is 0 Å². The van der Waals surface area contributed by atoms with Crippen LogP contribution in [0.5, 0.6) is 0 Å². The lowest BCUT2D eigenvalue weighted by molar-refractivity contribution is 0.288. The van der Waals surface area contributed by atoms with Crippen molar-refractivity contribution in [1.29, 1.82) is 0 Å². The van der Waals surface area contributed by atoms with Gasteiger partial charge in [0.1, 0.15) is 5.82 Å². The average Bonchev–Trinajstić information content (AvgIpc) is 2.88. The quantitative estimate of drug-likeness (QED) is 0.625. The highest BCUT2D eigenvalue weighted by Gasteiger charge is 2.17. The van der Waals surface area contributed by atoms with Gasteiger partial charge in [0.15, 0.2) is 5.65 Å². The lowest BCUT2D eigenvalue weighted by atomic mass is 10.2. The summed E-state index contributed by atoms with van der Waals surface area (Å²) in [5.74, 6) is 1.24. The topological polar surface area (TPSA) is 98.8 Å². The maximum Gasteiger partial charge on any atom is 0.226 e. The number of hydrogen-bond donors (Lipinski definition) is 4. The van der Waals surface area contributed by atoms with Gasteiger partial charge in [-0.2, -0.15) is 26.8 Å². The van der Waals surface area contributed by atoms with E-state index in [0.29, 0.717) is 17.4 Å². The lowest BCUT2D eigenvalue weighted by Gasteiger charge is -2.22. The number of nitrogens with zero attached hydrogens (tertiary/aromatic N) is 3. The number of thioether (sulfide) groups is 1. The summed E-state index contributed by atoms with van der Waals surface area (Å²) in [7, 11) is 1.77. The van der Waals surface area contributed by atoms with Crippen LogP contribution in [0.2, 0.25) is 0 Å². The van der Waals surface area contributed by atoms with E-state index in [9.17, 15) is 5.11 Å². The van der Waals surface area contributed by atoms with E-state index in [1.807, 2.05) is 13.2 Å². The Bertz CT molecular complexity index is 541. The van der Waals surface area contributed by atoms with Crippen LogP contribution in [-0.4, -0.2) is 56.5 Å². The minimum atomic E-state index is 0.0812. The molecule has 0 saturated heterocycles. The molecule has 0 bridgehead atoms. The van der Waals surface area contributed by atoms with E-state index < -0.39 is 0 Å². The van der Waals surface area contributed by atoms with Gasteiger partial charge in [0, 0.05) is 18.3 Å². The Morgan fingerprint density at radius 2 is 2.26 bits per heavy atom. The van der Waals surface area contributed by atoms with Crippen LogP contribution in [0.4, 0.5) is 11.8 Å². The molecule has 0 aliphatic heterocycles. The van der Waals surface area contributed by atoms with Crippen molar-refractivity contribution < 1.29 is 5.11 Å². The second-order valence-corrected chi connectivity index (χ2v) is 5.24. The number of anilines is 2. The molecule has 0 radical (unpaired) electrons. The Balaban J connectivity index is 2.30. The molecule has 2 rings (SSSR count). The summed E-state index contributed by atoms with van der Waals surface area (Å²) in [6.07, 6.45) is 3.67. The Kier molecular flexibility index (Phi) is 4.43. The first kappa shape index (κ1) is 13.9. The third-order valence-corrected chi connectivity index (χ3v) is 4.10. The minimum Gasteiger partial charge on any atom is -0.395 e. The van der Waals surface area contributed by atoms with Gasteiger partial charge in [-0.05, 0) is 13.2 Å². The highest BCUT2D eigenvalue weighted by atomic mass is 32.2. The molecule has 8 heteroatoms. The van der Waals surface area contributed by atoms with Crippen molar-refractivity contribution in [3.8, 4) is 0 Å². The first-order chi connectivity index (χ1) is 9.19. The molecule has 0 amide bonds. The van der Waals surface area contributed by atoms with Gasteiger partial charge in [0.05, 0.1) is 18.2 Å². The number of rotatable bonds is 6. The van der Waals surface area contributed by atoms with Crippen molar-refractivity contribution in [3.63, 3.8) is 0 Å². The number of hydrogen-bond acceptors (Lipinski definition) is 7. The molecule has 0 aromatic carbocycles. The second kappa shape index (κ2) is 6.07. The zero-order chi connectivity index (χ0) is 13.8. The van der Waals surface area contributed by atoms with Gasteiger partial charge in [0.2, 0.25) is 5.95 Å². The van der Waals surface area contributed by atoms with Crippen LogP contribution in [-0.2, 0) is 0 Å². The van der Waals surface area contributed by atoms with Crippen LogP contribution < -0.4 is 10.6 Å². The van der Waals surface area contributed by atoms with Crippen molar-refractivity contribution in [1.82, 2.24) is 20.2 Å². The number of aliphatic hydroxyl groups excluding tert-OH is 1. The molecule has 4 N–H and O–H groups in total. The summed E-state index contributed by atoms with van der Waals surface area (Å²) in [5, 5.41) is 23.3. The highest BCUT2D eigenvalue weighted by molar-refractivity contribution is 7.99. The molecule has 0 fully saturated rings. The number of aliphatic hydroxyl groups is 1. The van der Waals surface area contributed by atoms with E-state index in [1.165, 1.54) is 0 Å². The van der Waals surface area contributed by atoms with Crippen molar-refractivity contribution in [2.75, 3.05) is 30.5 Å². The molecular weight excluding hydrogens is 264 g/mol. The monoisotopic (exact) mass is 282 g/mol. The molecule has 2 aromatic heterocycles. The third-order valence-electron chi connectivity index (χ3n) is 2.94. The Hall–Kier alpha value is -1.54. The molecule has 2 aromatic rings. The summed E-state index contributed by atoms with van der Waals surface area (Å²) in [6.45, 7) is 2.14. The van der Waals surface area contributed by atoms with Crippen LogP contribution >= 0.6 is 11.8 Å². The highest BCUT2D eigenvalue weighted by Crippen LogP contribution is 2.22. The number of nitrogens with one attached hydrogen (secondary N) is 3. The predicted molar refractivity (Wildman–Crippen MR) is 78.7 cm³/mol. The van der Waals surface area contributed by atoms with Crippen LogP contribution in [0.25, 0.3) is 11.0 Å². The summed E-state index contributed by atoms with van der Waals surface area (Å²) in [4.78, 5) is 8.67. The van der Waals surface area contributed by atoms with Crippen LogP contribution in [0, 0.1) is 0 Å². The Morgan fingerprint density at radius 1 is 1.47 bits per heavy atom. The first-order valence-corrected chi connectivity index (χ1v) is 7.27. The largest absolute Gasteiger partial charge is 0.395 e. The maximum absolute atomic E-state index is 9.32. The lowest BCUT2D eigenvalue weighted by Crippen LogP contribution is -2.31. The number of aromatic nitrogens is 4. The molecule has 19 heavy (non-hydrogen) atoms. The van der Waals surface area contributed by atoms with Crippen LogP contribution in [0.3, 0.4) is 0 Å². The van der Waals surface area contributed by atoms with E-state index in [-0.39, 0.29) is 17.9 Å². The summed E-state index contributed by atoms with van der Waals surface area (Å²) >= 11 is 1.62. The van der Waals surface area contributed by atoms with E-state index in [1.54, 1.807) is 25.0 Å². The van der Waals surface area contributed by atoms with Crippen LogP contribution in [0.1, 0.15) is 6.92 Å². The van der Waals surface area contributed by atoms with Gasteiger partial charge in [-0.25, -0.2) is 0 Å². The van der Waals surface area contributed by atoms with Crippen molar-refractivity contribution >= 4 is 34.6 Å². The molecule has 2 atom stereocenters. The van der Waals surface area contributed by atoms with E-state index in [2.05, 4.69) is 30.8 Å². The predicted octanol–water partition coefficient (Wildman–Crippen LogP) is 0.919. The fourth-order valence-electron chi connectivity index (χ4n) is 1.80. The summed E-state index contributed by atoms with van der Waals surface area (Å²) < 4.78 is 0. The van der Waals surface area contributed by atoms with Gasteiger partial charge in [0.25, 0.3) is 0 Å². The molecule has 0 aliphatic rings. The van der Waals surface area contributed by atoms with Gasteiger partial charge in [-0.15, -0.1) is 0 Å². The molecule has 0 saturated carbocycles. The normalized spacial score (nSPS) is 14.3. The Labute approximate surface area is 115 Å². The molecule has 104 valence electrons. The molecule has 7 nitrogen and oxygen atoms in total. The van der Waals surface area contributed by atoms with Gasteiger partial charge < -0.3 is 15.7 Å². The molecule has 0 aliphatic carbocycles. The van der Waals surface area contributed by atoms with Gasteiger partial charge >= 0.3 is 0 Å². The van der Waals surface area contributed by atoms with Crippen molar-refractivity contribution in [2.45, 2.75) is 18.2 Å². The van der Waals surface area contributed by atoms with Crippen LogP contribution in [0.15, 0.2) is 6.20 Å². The summed E-state index contributed by atoms with van der Waals surface area (Å²) in [6, 6.07) is 0.0812. The second-order valence-electron chi connectivity index (χ2n) is 4.17. The SMILES string of the molecule is CNc1nc(NC(C)C(CO)SC)c2cn[nH]c2n1. The fraction of sp³-hybridized carbons (Fsp3) is 0.545. The zero-order valence-electron chi connectivity index (χ0n) is 11.1. The van der Waals surface area contributed by atoms with Crippen molar-refractivity contribution in [3.05, 3.63) is 6.20 Å². The number of H-pyrrole nitrogens is 1. The molecular formula is C11H18N6OS. The molecule has 2 unspecified atom stereocenters. The molecule has 2 heterocycles. The zero-order valence-corrected chi connectivity index (χ0v) is 12.0. The molecule has 0 spiro atoms. The number of aromatic amines is 1. The minimum absolute atomic E-state index is 0.0812. The summed E-state index contributed by atoms with van der Waals surface area (Å²) in [5.41, 5.74) is 0.679. The average molecular weight is 282 g/mol. The first-order valence-electron chi connectivity index (χ1n) is 5.98. The smallest absolute Gasteiger partial charge is 0.226 e. The van der Waals surface area contributed by atoms with E-state index in [4.69, 9.17) is 0 Å². The third kappa shape index (κ3) is 2.90. The standard InChI is InChI=1S/C11H18N6OS/c1-6(8(5-18)19-3)14-9-7-4-13-17-10(7)16-11(12-2)15-9/h4,6,8,18H,5H2,1-3H3,(H3,12,13,14,15,16,17).